The molecular formula is C56H45N. The summed E-state index contributed by atoms with van der Waals surface area (Å²) in [6.45, 7) is 6.87. The number of nitrogens with zero attached hydrogens (tertiary/aromatic N) is 1. The summed E-state index contributed by atoms with van der Waals surface area (Å²) in [6.07, 6.45) is 2.09. The second-order valence-corrected chi connectivity index (χ2v) is 15.6. The van der Waals surface area contributed by atoms with Gasteiger partial charge in [0, 0.05) is 27.7 Å². The molecule has 0 spiro atoms. The SMILES string of the molecule is CCC1(CC)c2ccccc2-c2c1cc1ccccc1c2N(c1ccc(-c2ccc(C)cc2)cc1)c1ccc(-c2ccccc2-c2ccc3ccccc3c2)cc1. The van der Waals surface area contributed by atoms with Crippen LogP contribution < -0.4 is 4.90 Å². The molecule has 0 atom stereocenters. The first-order chi connectivity index (χ1) is 28.1. The Morgan fingerprint density at radius 3 is 1.58 bits per heavy atom. The van der Waals surface area contributed by atoms with Gasteiger partial charge in [0.15, 0.2) is 0 Å². The monoisotopic (exact) mass is 731 g/mol. The lowest BCUT2D eigenvalue weighted by Crippen LogP contribution is -2.23. The highest BCUT2D eigenvalue weighted by atomic mass is 15.1. The molecule has 1 aliphatic carbocycles. The van der Waals surface area contributed by atoms with E-state index in [1.807, 2.05) is 0 Å². The molecule has 0 radical (unpaired) electrons. The van der Waals surface area contributed by atoms with Crippen molar-refractivity contribution in [2.45, 2.75) is 39.0 Å². The number of benzene rings is 9. The van der Waals surface area contributed by atoms with E-state index >= 15 is 0 Å². The molecule has 0 aliphatic heterocycles. The van der Waals surface area contributed by atoms with E-state index in [0.29, 0.717) is 0 Å². The van der Waals surface area contributed by atoms with Crippen molar-refractivity contribution in [1.29, 1.82) is 0 Å². The molecule has 10 rings (SSSR count). The van der Waals surface area contributed by atoms with Gasteiger partial charge in [0.1, 0.15) is 0 Å². The van der Waals surface area contributed by atoms with Gasteiger partial charge in [-0.15, -0.1) is 0 Å². The van der Waals surface area contributed by atoms with E-state index in [-0.39, 0.29) is 5.41 Å². The van der Waals surface area contributed by atoms with Crippen LogP contribution in [0.15, 0.2) is 194 Å². The predicted molar refractivity (Wildman–Crippen MR) is 244 cm³/mol. The number of hydrogen-bond acceptors (Lipinski definition) is 1. The van der Waals surface area contributed by atoms with Gasteiger partial charge >= 0.3 is 0 Å². The zero-order chi connectivity index (χ0) is 38.5. The molecule has 0 saturated heterocycles. The zero-order valence-corrected chi connectivity index (χ0v) is 32.8. The van der Waals surface area contributed by atoms with Crippen LogP contribution in [0.25, 0.3) is 66.1 Å². The maximum Gasteiger partial charge on any atom is 0.0621 e. The van der Waals surface area contributed by atoms with E-state index in [9.17, 15) is 0 Å². The summed E-state index contributed by atoms with van der Waals surface area (Å²) in [5, 5.41) is 5.03. The Morgan fingerprint density at radius 1 is 0.404 bits per heavy atom. The Labute approximate surface area is 336 Å². The summed E-state index contributed by atoms with van der Waals surface area (Å²) in [7, 11) is 0. The summed E-state index contributed by atoms with van der Waals surface area (Å²) in [4.78, 5) is 2.53. The van der Waals surface area contributed by atoms with Crippen LogP contribution in [-0.2, 0) is 5.41 Å². The first-order valence-electron chi connectivity index (χ1n) is 20.4. The van der Waals surface area contributed by atoms with Gasteiger partial charge in [-0.3, -0.25) is 0 Å². The van der Waals surface area contributed by atoms with Crippen LogP contribution in [0.2, 0.25) is 0 Å². The quantitative estimate of drug-likeness (QED) is 0.150. The fourth-order valence-corrected chi connectivity index (χ4v) is 9.58. The number of fused-ring (bicyclic) bond motifs is 5. The molecule has 0 fully saturated rings. The lowest BCUT2D eigenvalue weighted by Gasteiger charge is -2.32. The average molecular weight is 732 g/mol. The minimum Gasteiger partial charge on any atom is -0.309 e. The van der Waals surface area contributed by atoms with E-state index in [1.165, 1.54) is 88.4 Å². The highest BCUT2D eigenvalue weighted by Crippen LogP contribution is 2.59. The van der Waals surface area contributed by atoms with Crippen LogP contribution in [0, 0.1) is 6.92 Å². The first kappa shape index (κ1) is 34.8. The Kier molecular flexibility index (Phi) is 8.60. The normalized spacial score (nSPS) is 12.8. The van der Waals surface area contributed by atoms with E-state index in [1.54, 1.807) is 0 Å². The molecule has 9 aromatic rings. The van der Waals surface area contributed by atoms with Gasteiger partial charge in [0.25, 0.3) is 0 Å². The number of rotatable bonds is 8. The third-order valence-electron chi connectivity index (χ3n) is 12.6. The van der Waals surface area contributed by atoms with Crippen molar-refractivity contribution in [2.75, 3.05) is 4.90 Å². The lowest BCUT2D eigenvalue weighted by atomic mass is 9.73. The minimum absolute atomic E-state index is 0.0536. The third kappa shape index (κ3) is 5.77. The summed E-state index contributed by atoms with van der Waals surface area (Å²) in [5.74, 6) is 0. The molecule has 57 heavy (non-hydrogen) atoms. The molecule has 0 N–H and O–H groups in total. The maximum absolute atomic E-state index is 2.53. The largest absolute Gasteiger partial charge is 0.309 e. The molecule has 1 aliphatic rings. The van der Waals surface area contributed by atoms with E-state index in [2.05, 4.69) is 220 Å². The molecule has 0 unspecified atom stereocenters. The second kappa shape index (κ2) is 14.1. The number of aryl methyl sites for hydroxylation is 1. The molecule has 1 nitrogen and oxygen atoms in total. The first-order valence-corrected chi connectivity index (χ1v) is 20.4. The van der Waals surface area contributed by atoms with Gasteiger partial charge in [-0.05, 0) is 122 Å². The molecule has 1 heteroatoms. The van der Waals surface area contributed by atoms with Gasteiger partial charge in [-0.1, -0.05) is 177 Å². The summed E-state index contributed by atoms with van der Waals surface area (Å²) in [5.41, 5.74) is 17.6. The van der Waals surface area contributed by atoms with Crippen LogP contribution in [-0.4, -0.2) is 0 Å². The summed E-state index contributed by atoms with van der Waals surface area (Å²) < 4.78 is 0. The van der Waals surface area contributed by atoms with Crippen molar-refractivity contribution in [1.82, 2.24) is 0 Å². The molecule has 274 valence electrons. The molecule has 0 saturated carbocycles. The van der Waals surface area contributed by atoms with E-state index in [0.717, 1.165) is 24.2 Å². The van der Waals surface area contributed by atoms with Crippen molar-refractivity contribution in [3.63, 3.8) is 0 Å². The van der Waals surface area contributed by atoms with E-state index < -0.39 is 0 Å². The van der Waals surface area contributed by atoms with Gasteiger partial charge in [0.05, 0.1) is 5.69 Å². The summed E-state index contributed by atoms with van der Waals surface area (Å²) in [6, 6.07) is 72.1. The van der Waals surface area contributed by atoms with Crippen molar-refractivity contribution in [3.05, 3.63) is 211 Å². The van der Waals surface area contributed by atoms with Crippen molar-refractivity contribution in [2.24, 2.45) is 0 Å². The average Bonchev–Trinajstić information content (AvgIpc) is 3.56. The molecule has 0 aromatic heterocycles. The second-order valence-electron chi connectivity index (χ2n) is 15.6. The van der Waals surface area contributed by atoms with Crippen molar-refractivity contribution in [3.8, 4) is 44.5 Å². The van der Waals surface area contributed by atoms with Crippen LogP contribution >= 0.6 is 0 Å². The topological polar surface area (TPSA) is 3.24 Å². The maximum atomic E-state index is 2.53. The molecule has 0 bridgehead atoms. The molecule has 0 amide bonds. The fourth-order valence-electron chi connectivity index (χ4n) is 9.58. The fraction of sp³-hybridized carbons (Fsp3) is 0.107. The van der Waals surface area contributed by atoms with E-state index in [4.69, 9.17) is 0 Å². The molecule has 9 aromatic carbocycles. The highest BCUT2D eigenvalue weighted by molar-refractivity contribution is 6.10. The van der Waals surface area contributed by atoms with Gasteiger partial charge in [-0.2, -0.15) is 0 Å². The summed E-state index contributed by atoms with van der Waals surface area (Å²) >= 11 is 0. The Balaban J connectivity index is 1.18. The third-order valence-corrected chi connectivity index (χ3v) is 12.6. The Bertz CT molecular complexity index is 2910. The standard InChI is InChI=1S/C56H45N/c1-4-56(5-2)52-21-13-12-20-51(52)54-53(56)37-44-16-8-9-19-50(44)55(54)57(46-32-28-41(29-33-46)40-24-22-38(3)23-25-40)47-34-30-42(31-35-47)48-17-10-11-18-49(48)45-27-26-39-14-6-7-15-43(39)36-45/h6-37H,4-5H2,1-3H3. The minimum atomic E-state index is -0.0536. The highest BCUT2D eigenvalue weighted by Gasteiger charge is 2.43. The van der Waals surface area contributed by atoms with Crippen LogP contribution in [0.3, 0.4) is 0 Å². The van der Waals surface area contributed by atoms with Gasteiger partial charge in [-0.25, -0.2) is 0 Å². The molecule has 0 heterocycles. The van der Waals surface area contributed by atoms with Crippen molar-refractivity contribution < 1.29 is 0 Å². The van der Waals surface area contributed by atoms with Gasteiger partial charge < -0.3 is 4.90 Å². The Hall–Kier alpha value is -6.70. The van der Waals surface area contributed by atoms with Gasteiger partial charge in [0.2, 0.25) is 0 Å². The zero-order valence-electron chi connectivity index (χ0n) is 32.8. The lowest BCUT2D eigenvalue weighted by molar-refractivity contribution is 0.491. The predicted octanol–water partition coefficient (Wildman–Crippen LogP) is 15.9. The molecular weight excluding hydrogens is 687 g/mol. The number of anilines is 3. The Morgan fingerprint density at radius 2 is 0.912 bits per heavy atom. The number of hydrogen-bond donors (Lipinski definition) is 0. The van der Waals surface area contributed by atoms with Crippen LogP contribution in [0.1, 0.15) is 43.4 Å². The smallest absolute Gasteiger partial charge is 0.0621 e. The van der Waals surface area contributed by atoms with Crippen molar-refractivity contribution >= 4 is 38.6 Å². The van der Waals surface area contributed by atoms with Crippen LogP contribution in [0.4, 0.5) is 17.1 Å². The van der Waals surface area contributed by atoms with Crippen LogP contribution in [0.5, 0.6) is 0 Å².